The van der Waals surface area contributed by atoms with Gasteiger partial charge in [-0.2, -0.15) is 0 Å². The van der Waals surface area contributed by atoms with Gasteiger partial charge < -0.3 is 4.57 Å². The molecule has 5 heteroatoms. The van der Waals surface area contributed by atoms with Gasteiger partial charge in [-0.3, -0.25) is 0 Å². The van der Waals surface area contributed by atoms with Crippen LogP contribution in [0.1, 0.15) is 51.6 Å². The molecule has 0 amide bonds. The van der Waals surface area contributed by atoms with Crippen LogP contribution >= 0.6 is 0 Å². The van der Waals surface area contributed by atoms with Crippen molar-refractivity contribution >= 4 is 27.5 Å². The molecular weight excluding hydrogens is 514 g/mol. The lowest BCUT2D eigenvalue weighted by Gasteiger charge is -2.14. The Morgan fingerprint density at radius 3 is 2.12 bits per heavy atom. The molecule has 0 radical (unpaired) electrons. The van der Waals surface area contributed by atoms with Crippen molar-refractivity contribution in [2.45, 2.75) is 19.4 Å². The molecule has 200 valence electrons. The molecule has 0 N–H and O–H groups in total. The molecular formula is C37H27N5. The summed E-state index contributed by atoms with van der Waals surface area (Å²) in [6, 6.07) is -2.92. The Bertz CT molecular complexity index is 2970. The Labute approximate surface area is 268 Å². The zero-order chi connectivity index (χ0) is 43.1. The summed E-state index contributed by atoms with van der Waals surface area (Å²) in [5, 5.41) is -0.185. The average Bonchev–Trinajstić information content (AvgIpc) is 3.56. The molecule has 2 aromatic heterocycles. The van der Waals surface area contributed by atoms with E-state index in [0.29, 0.717) is 11.1 Å². The molecule has 0 fully saturated rings. The summed E-state index contributed by atoms with van der Waals surface area (Å²) in [5.41, 5.74) is -0.102. The number of nitrogens with zero attached hydrogens (tertiary/aromatic N) is 5. The van der Waals surface area contributed by atoms with E-state index in [4.69, 9.17) is 29.9 Å². The molecule has 0 aliphatic rings. The monoisotopic (exact) mass is 558 g/mol. The van der Waals surface area contributed by atoms with Crippen molar-refractivity contribution in [3.63, 3.8) is 0 Å². The molecule has 2 heterocycles. The Hall–Kier alpha value is -5.60. The summed E-state index contributed by atoms with van der Waals surface area (Å²) >= 11 is 0. The van der Waals surface area contributed by atoms with Crippen LogP contribution in [-0.2, 0) is 19.4 Å². The van der Waals surface area contributed by atoms with Crippen molar-refractivity contribution in [1.82, 2.24) is 19.5 Å². The molecule has 5 aromatic carbocycles. The van der Waals surface area contributed by atoms with Gasteiger partial charge in [-0.1, -0.05) is 115 Å². The van der Waals surface area contributed by atoms with Gasteiger partial charge in [-0.25, -0.2) is 19.8 Å². The number of rotatable bonds is 7. The van der Waals surface area contributed by atoms with E-state index in [0.717, 1.165) is 0 Å². The van der Waals surface area contributed by atoms with Crippen LogP contribution in [0.25, 0.3) is 38.0 Å². The highest BCUT2D eigenvalue weighted by atomic mass is 15.0. The molecule has 0 bridgehead atoms. The van der Waals surface area contributed by atoms with Crippen molar-refractivity contribution < 1.29 is 23.3 Å². The molecule has 5 nitrogen and oxygen atoms in total. The van der Waals surface area contributed by atoms with Crippen molar-refractivity contribution in [3.8, 4) is 11.4 Å². The third-order valence-electron chi connectivity index (χ3n) is 6.48. The van der Waals surface area contributed by atoms with Crippen molar-refractivity contribution in [2.24, 2.45) is 0 Å². The molecule has 0 aliphatic heterocycles. The van der Waals surface area contributed by atoms with Gasteiger partial charge >= 0.3 is 0 Å². The Kier molecular flexibility index (Phi) is 3.42. The van der Waals surface area contributed by atoms with Crippen LogP contribution in [0, 0.1) is 6.57 Å². The first-order valence-electron chi connectivity index (χ1n) is 21.1. The maximum Gasteiger partial charge on any atom is 0.189 e. The highest BCUT2D eigenvalue weighted by Crippen LogP contribution is 2.33. The zero-order valence-electron chi connectivity index (χ0n) is 38.7. The fourth-order valence-corrected chi connectivity index (χ4v) is 4.63. The Morgan fingerprint density at radius 2 is 1.33 bits per heavy atom. The van der Waals surface area contributed by atoms with E-state index in [2.05, 4.69) is 19.8 Å². The van der Waals surface area contributed by atoms with E-state index in [1.165, 1.54) is 4.57 Å². The molecule has 0 saturated carbocycles. The molecule has 0 aliphatic carbocycles. The summed E-state index contributed by atoms with van der Waals surface area (Å²) in [5.74, 6) is -0.514. The summed E-state index contributed by atoms with van der Waals surface area (Å²) in [7, 11) is 0. The maximum atomic E-state index is 8.95. The number of benzene rings is 5. The molecule has 0 saturated heterocycles. The molecule has 0 spiro atoms. The molecule has 0 atom stereocenters. The van der Waals surface area contributed by atoms with E-state index in [-0.39, 0.29) is 63.4 Å². The predicted molar refractivity (Wildman–Crippen MR) is 169 cm³/mol. The minimum absolute atomic E-state index is 0.0236. The second-order valence-corrected chi connectivity index (χ2v) is 9.09. The van der Waals surface area contributed by atoms with Crippen LogP contribution in [0.5, 0.6) is 0 Å². The summed E-state index contributed by atoms with van der Waals surface area (Å²) in [6.45, 7) is 7.47. The first-order valence-corrected chi connectivity index (χ1v) is 12.6. The van der Waals surface area contributed by atoms with E-state index in [1.807, 2.05) is 0 Å². The van der Waals surface area contributed by atoms with Crippen LogP contribution in [0.2, 0.25) is 0 Å². The third kappa shape index (κ3) is 5.02. The fraction of sp³-hybridized carbons (Fsp3) is 0.0811. The fourth-order valence-electron chi connectivity index (χ4n) is 4.63. The highest BCUT2D eigenvalue weighted by Gasteiger charge is 2.15. The number of fused-ring (bicyclic) bond motifs is 3. The van der Waals surface area contributed by atoms with E-state index >= 15 is 0 Å². The summed E-state index contributed by atoms with van der Waals surface area (Å²) in [4.78, 5) is 16.8. The lowest BCUT2D eigenvalue weighted by Crippen LogP contribution is -2.09. The minimum atomic E-state index is -0.659. The van der Waals surface area contributed by atoms with E-state index in [1.54, 1.807) is 24.3 Å². The van der Waals surface area contributed by atoms with Crippen LogP contribution in [0.3, 0.4) is 0 Å². The minimum Gasteiger partial charge on any atom is -0.337 e. The van der Waals surface area contributed by atoms with Crippen LogP contribution in [0.15, 0.2) is 127 Å². The van der Waals surface area contributed by atoms with Crippen LogP contribution in [-0.4, -0.2) is 19.5 Å². The zero-order valence-corrected chi connectivity index (χ0v) is 21.7. The lowest BCUT2D eigenvalue weighted by molar-refractivity contribution is 0.827. The van der Waals surface area contributed by atoms with Crippen molar-refractivity contribution in [1.29, 1.82) is 0 Å². The molecule has 7 rings (SSSR count). The first-order chi connectivity index (χ1) is 27.8. The number of hydrogen-bond acceptors (Lipinski definition) is 3. The maximum absolute atomic E-state index is 8.95. The summed E-state index contributed by atoms with van der Waals surface area (Å²) < 4.78 is 145. The number of para-hydroxylation sites is 1. The summed E-state index contributed by atoms with van der Waals surface area (Å²) in [6.07, 6.45) is -0.577. The Balaban J connectivity index is 1.44. The topological polar surface area (TPSA) is 48.0 Å². The number of hydrogen-bond donors (Lipinski definition) is 0. The quantitative estimate of drug-likeness (QED) is 0.185. The van der Waals surface area contributed by atoms with Crippen molar-refractivity contribution in [2.75, 3.05) is 0 Å². The molecule has 7 aromatic rings. The Morgan fingerprint density at radius 1 is 0.667 bits per heavy atom. The predicted octanol–water partition coefficient (Wildman–Crippen LogP) is 8.43. The van der Waals surface area contributed by atoms with Gasteiger partial charge in [0.05, 0.1) is 28.5 Å². The van der Waals surface area contributed by atoms with Gasteiger partial charge in [-0.05, 0) is 28.8 Å². The van der Waals surface area contributed by atoms with E-state index < -0.39 is 115 Å². The van der Waals surface area contributed by atoms with Gasteiger partial charge in [-0.15, -0.1) is 0 Å². The van der Waals surface area contributed by atoms with Gasteiger partial charge in [0.1, 0.15) is 11.6 Å². The van der Waals surface area contributed by atoms with Crippen LogP contribution < -0.4 is 0 Å². The van der Waals surface area contributed by atoms with Crippen molar-refractivity contribution in [3.05, 3.63) is 167 Å². The van der Waals surface area contributed by atoms with Gasteiger partial charge in [0.2, 0.25) is 0 Å². The second-order valence-electron chi connectivity index (χ2n) is 9.09. The smallest absolute Gasteiger partial charge is 0.189 e. The highest BCUT2D eigenvalue weighted by molar-refractivity contribution is 6.08. The average molecular weight is 559 g/mol. The van der Waals surface area contributed by atoms with Crippen LogP contribution in [0.4, 0.5) is 5.69 Å². The number of aromatic nitrogens is 4. The van der Waals surface area contributed by atoms with Gasteiger partial charge in [0.15, 0.2) is 11.5 Å². The van der Waals surface area contributed by atoms with Gasteiger partial charge in [0.25, 0.3) is 0 Å². The second kappa shape index (κ2) is 11.1. The van der Waals surface area contributed by atoms with Gasteiger partial charge in [0, 0.05) is 48.1 Å². The SMILES string of the molecule is [2H]c1c([2H])c([2H])c(Cc2nc(Cc3ccccc3Cn3c4c([2H])c([2H])c([2H])c([2H])c4c4c([2H])c([2H])c([N+]#[C-])c([2H])c43)nc(-c3c([2H])c([2H])c([2H])c([2H])c3[2H])n2)c([2H])c1[2H]. The molecule has 0 unspecified atom stereocenters. The normalized spacial score (nSPS) is 16.8. The third-order valence-corrected chi connectivity index (χ3v) is 6.48. The lowest BCUT2D eigenvalue weighted by atomic mass is 10.0. The molecule has 42 heavy (non-hydrogen) atoms. The first kappa shape index (κ1) is 12.9. The largest absolute Gasteiger partial charge is 0.337 e. The van der Waals surface area contributed by atoms with E-state index in [9.17, 15) is 0 Å². The standard InChI is InChI=1S/C37H27N5/c1-38-30-20-21-32-31-18-10-11-19-33(31)42(34(32)24-30)25-29-17-9-8-16-28(29)23-36-39-35(22-26-12-4-2-5-13-26)40-37(41-36)27-14-6-3-7-15-27/h2-21,24H,22-23,25H2/i2D,3D,4D,5D,6D,7D,10D,11D,12D,13D,14D,15D,18D,19D,20D,21D,24D.